The fourth-order valence-corrected chi connectivity index (χ4v) is 1.59. The molecule has 0 N–H and O–H groups in total. The van der Waals surface area contributed by atoms with Gasteiger partial charge in [-0.15, -0.1) is 0 Å². The van der Waals surface area contributed by atoms with Gasteiger partial charge in [0.05, 0.1) is 5.56 Å². The molecule has 0 spiro atoms. The number of rotatable bonds is 4. The topological polar surface area (TPSA) is 33.2 Å². The zero-order chi connectivity index (χ0) is 13.9. The summed E-state index contributed by atoms with van der Waals surface area (Å²) < 4.78 is 38.0. The van der Waals surface area contributed by atoms with Gasteiger partial charge in [-0.3, -0.25) is 4.79 Å². The van der Waals surface area contributed by atoms with Crippen LogP contribution in [0.2, 0.25) is 0 Å². The minimum atomic E-state index is -4.54. The van der Waals surface area contributed by atoms with Crippen molar-refractivity contribution < 1.29 is 18.0 Å². The molecule has 0 aliphatic heterocycles. The molecule has 0 aromatic carbocycles. The van der Waals surface area contributed by atoms with Crippen LogP contribution in [0.3, 0.4) is 0 Å². The molecule has 0 fully saturated rings. The minimum Gasteiger partial charge on any atom is -0.357 e. The van der Waals surface area contributed by atoms with Crippen LogP contribution in [-0.4, -0.2) is 23.3 Å². The van der Waals surface area contributed by atoms with E-state index in [0.717, 1.165) is 6.07 Å². The third kappa shape index (κ3) is 3.35. The van der Waals surface area contributed by atoms with Crippen LogP contribution >= 0.6 is 11.6 Å². The highest BCUT2D eigenvalue weighted by Crippen LogP contribution is 2.32. The summed E-state index contributed by atoms with van der Waals surface area (Å²) in [6, 6.07) is 1.57. The zero-order valence-corrected chi connectivity index (χ0v) is 10.6. The van der Waals surface area contributed by atoms with Gasteiger partial charge in [-0.1, -0.05) is 0 Å². The molecule has 0 atom stereocenters. The van der Waals surface area contributed by atoms with Crippen molar-refractivity contribution in [1.29, 1.82) is 0 Å². The number of anilines is 1. The summed E-state index contributed by atoms with van der Waals surface area (Å²) in [5.41, 5.74) is -1.32. The van der Waals surface area contributed by atoms with E-state index in [1.807, 2.05) is 0 Å². The molecule has 1 aromatic heterocycles. The highest BCUT2D eigenvalue weighted by molar-refractivity contribution is 6.67. The molecule has 0 saturated carbocycles. The van der Waals surface area contributed by atoms with Crippen molar-refractivity contribution in [3.63, 3.8) is 0 Å². The second kappa shape index (κ2) is 5.56. The van der Waals surface area contributed by atoms with Crippen molar-refractivity contribution in [2.45, 2.75) is 20.0 Å². The number of carbonyl (C=O) groups is 1. The maximum Gasteiger partial charge on any atom is 0.416 e. The van der Waals surface area contributed by atoms with Crippen LogP contribution in [0.25, 0.3) is 0 Å². The molecular formula is C11H12ClF3N2O. The van der Waals surface area contributed by atoms with Crippen LogP contribution in [0, 0.1) is 0 Å². The van der Waals surface area contributed by atoms with Crippen molar-refractivity contribution in [3.05, 3.63) is 23.4 Å². The number of hydrogen-bond donors (Lipinski definition) is 0. The fraction of sp³-hybridized carbons (Fsp3) is 0.455. The first-order chi connectivity index (χ1) is 8.29. The monoisotopic (exact) mass is 280 g/mol. The Kier molecular flexibility index (Phi) is 4.56. The smallest absolute Gasteiger partial charge is 0.357 e. The van der Waals surface area contributed by atoms with E-state index in [4.69, 9.17) is 11.6 Å². The summed E-state index contributed by atoms with van der Waals surface area (Å²) in [6.45, 7) is 4.54. The third-order valence-electron chi connectivity index (χ3n) is 2.43. The molecular weight excluding hydrogens is 269 g/mol. The van der Waals surface area contributed by atoms with E-state index in [0.29, 0.717) is 19.2 Å². The maximum atomic E-state index is 12.7. The van der Waals surface area contributed by atoms with Crippen molar-refractivity contribution in [1.82, 2.24) is 4.98 Å². The highest BCUT2D eigenvalue weighted by atomic mass is 35.5. The van der Waals surface area contributed by atoms with Crippen LogP contribution in [-0.2, 0) is 6.18 Å². The van der Waals surface area contributed by atoms with Gasteiger partial charge >= 0.3 is 6.18 Å². The predicted molar refractivity (Wildman–Crippen MR) is 63.0 cm³/mol. The van der Waals surface area contributed by atoms with Crippen LogP contribution in [0.15, 0.2) is 12.1 Å². The molecule has 7 heteroatoms. The van der Waals surface area contributed by atoms with E-state index >= 15 is 0 Å². The van der Waals surface area contributed by atoms with Gasteiger partial charge in [0.25, 0.3) is 5.24 Å². The molecule has 0 saturated heterocycles. The van der Waals surface area contributed by atoms with Gasteiger partial charge in [0.15, 0.2) is 0 Å². The number of pyridine rings is 1. The Morgan fingerprint density at radius 1 is 1.33 bits per heavy atom. The maximum absolute atomic E-state index is 12.7. The largest absolute Gasteiger partial charge is 0.416 e. The average molecular weight is 281 g/mol. The van der Waals surface area contributed by atoms with Crippen LogP contribution < -0.4 is 4.90 Å². The fourth-order valence-electron chi connectivity index (χ4n) is 1.49. The van der Waals surface area contributed by atoms with Crippen LogP contribution in [0.5, 0.6) is 0 Å². The van der Waals surface area contributed by atoms with E-state index in [1.165, 1.54) is 0 Å². The molecule has 0 radical (unpaired) electrons. The number of alkyl halides is 3. The summed E-state index contributed by atoms with van der Waals surface area (Å²) in [7, 11) is 0. The van der Waals surface area contributed by atoms with Gasteiger partial charge in [0.1, 0.15) is 11.5 Å². The Morgan fingerprint density at radius 3 is 2.28 bits per heavy atom. The lowest BCUT2D eigenvalue weighted by atomic mass is 10.2. The van der Waals surface area contributed by atoms with Gasteiger partial charge in [0.2, 0.25) is 0 Å². The van der Waals surface area contributed by atoms with Gasteiger partial charge in [0, 0.05) is 13.1 Å². The molecule has 100 valence electrons. The van der Waals surface area contributed by atoms with Crippen molar-refractivity contribution in [2.75, 3.05) is 18.0 Å². The number of aromatic nitrogens is 1. The van der Waals surface area contributed by atoms with Crippen molar-refractivity contribution in [3.8, 4) is 0 Å². The standard InChI is InChI=1S/C11H12ClF3N2O/c1-3-17(4-2)9-6-7(11(13,14)15)5-8(16-9)10(12)18/h5-6H,3-4H2,1-2H3. The van der Waals surface area contributed by atoms with Gasteiger partial charge in [-0.05, 0) is 37.6 Å². The Morgan fingerprint density at radius 2 is 1.89 bits per heavy atom. The molecule has 0 amide bonds. The van der Waals surface area contributed by atoms with E-state index in [1.54, 1.807) is 18.7 Å². The molecule has 18 heavy (non-hydrogen) atoms. The molecule has 3 nitrogen and oxygen atoms in total. The molecule has 1 heterocycles. The quantitative estimate of drug-likeness (QED) is 0.793. The van der Waals surface area contributed by atoms with Gasteiger partial charge in [-0.2, -0.15) is 13.2 Å². The average Bonchev–Trinajstić information content (AvgIpc) is 2.29. The Labute approximate surface area is 108 Å². The molecule has 0 unspecified atom stereocenters. The third-order valence-corrected chi connectivity index (χ3v) is 2.62. The number of nitrogens with zero attached hydrogens (tertiary/aromatic N) is 2. The Bertz CT molecular complexity index is 444. The van der Waals surface area contributed by atoms with Gasteiger partial charge < -0.3 is 4.90 Å². The van der Waals surface area contributed by atoms with Gasteiger partial charge in [-0.25, -0.2) is 4.98 Å². The summed E-state index contributed by atoms with van der Waals surface area (Å²) in [4.78, 5) is 16.4. The lowest BCUT2D eigenvalue weighted by Crippen LogP contribution is -2.24. The van der Waals surface area contributed by atoms with Crippen LogP contribution in [0.4, 0.5) is 19.0 Å². The van der Waals surface area contributed by atoms with E-state index < -0.39 is 22.7 Å². The second-order valence-corrected chi connectivity index (χ2v) is 3.89. The summed E-state index contributed by atoms with van der Waals surface area (Å²) in [5.74, 6) is 0.0961. The zero-order valence-electron chi connectivity index (χ0n) is 9.88. The number of carbonyl (C=O) groups excluding carboxylic acids is 1. The lowest BCUT2D eigenvalue weighted by molar-refractivity contribution is -0.137. The summed E-state index contributed by atoms with van der Waals surface area (Å²) in [5, 5.41) is -1.01. The Balaban J connectivity index is 3.35. The van der Waals surface area contributed by atoms with Crippen LogP contribution in [0.1, 0.15) is 29.9 Å². The normalized spacial score (nSPS) is 11.4. The van der Waals surface area contributed by atoms with Crippen molar-refractivity contribution in [2.24, 2.45) is 0 Å². The Hall–Kier alpha value is -1.30. The minimum absolute atomic E-state index is 0.0961. The predicted octanol–water partition coefficient (Wildman–Crippen LogP) is 3.33. The van der Waals surface area contributed by atoms with E-state index in [2.05, 4.69) is 4.98 Å². The number of halogens is 4. The SMILES string of the molecule is CCN(CC)c1cc(C(F)(F)F)cc(C(=O)Cl)n1. The summed E-state index contributed by atoms with van der Waals surface area (Å²) >= 11 is 5.20. The summed E-state index contributed by atoms with van der Waals surface area (Å²) in [6.07, 6.45) is -4.54. The second-order valence-electron chi connectivity index (χ2n) is 3.54. The number of hydrogen-bond acceptors (Lipinski definition) is 3. The van der Waals surface area contributed by atoms with E-state index in [9.17, 15) is 18.0 Å². The molecule has 1 rings (SSSR count). The molecule has 1 aromatic rings. The first-order valence-electron chi connectivity index (χ1n) is 5.33. The molecule has 0 aliphatic rings. The van der Waals surface area contributed by atoms with Crippen molar-refractivity contribution >= 4 is 22.7 Å². The highest BCUT2D eigenvalue weighted by Gasteiger charge is 2.32. The first kappa shape index (κ1) is 14.8. The lowest BCUT2D eigenvalue weighted by Gasteiger charge is -2.21. The van der Waals surface area contributed by atoms with E-state index in [-0.39, 0.29) is 5.82 Å². The molecule has 0 aliphatic carbocycles. The molecule has 0 bridgehead atoms. The first-order valence-corrected chi connectivity index (χ1v) is 5.71.